The van der Waals surface area contributed by atoms with Crippen molar-refractivity contribution >= 4 is 12.4 Å². The molecular weight excluding hydrogens is 124 g/mol. The molecule has 0 amide bonds. The Bertz CT molecular complexity index is 147. The second-order valence-corrected chi connectivity index (χ2v) is 1.31. The van der Waals surface area contributed by atoms with E-state index in [0.717, 1.165) is 6.08 Å². The molecular formula is C5H6O4. The van der Waals surface area contributed by atoms with Gasteiger partial charge in [-0.25, -0.2) is 4.79 Å². The molecule has 0 aromatic carbocycles. The molecule has 0 saturated carbocycles. The Labute approximate surface area is 51.7 Å². The maximum absolute atomic E-state index is 9.81. The van der Waals surface area contributed by atoms with E-state index in [1.165, 1.54) is 6.92 Å². The van der Waals surface area contributed by atoms with Crippen LogP contribution in [-0.4, -0.2) is 17.5 Å². The van der Waals surface area contributed by atoms with E-state index in [9.17, 15) is 9.59 Å². The van der Waals surface area contributed by atoms with Crippen LogP contribution in [0.5, 0.6) is 0 Å². The molecule has 1 N–H and O–H groups in total. The van der Waals surface area contributed by atoms with Crippen molar-refractivity contribution in [3.05, 3.63) is 11.8 Å². The lowest BCUT2D eigenvalue weighted by Gasteiger charge is -1.90. The highest BCUT2D eigenvalue weighted by Crippen LogP contribution is 1.90. The molecule has 0 saturated heterocycles. The molecule has 0 bridgehead atoms. The van der Waals surface area contributed by atoms with Gasteiger partial charge in [-0.2, -0.15) is 0 Å². The van der Waals surface area contributed by atoms with Gasteiger partial charge in [0.2, 0.25) is 0 Å². The minimum absolute atomic E-state index is 0.0671. The van der Waals surface area contributed by atoms with Crippen LogP contribution in [0.3, 0.4) is 0 Å². The number of carboxylic acids is 1. The summed E-state index contributed by atoms with van der Waals surface area (Å²) in [6.45, 7) is 1.55. The third kappa shape index (κ3) is 4.53. The number of carbonyl (C=O) groups excluding carboxylic acids is 1. The molecule has 4 nitrogen and oxygen atoms in total. The lowest BCUT2D eigenvalue weighted by molar-refractivity contribution is -0.131. The largest absolute Gasteiger partial charge is 0.478 e. The first-order valence-electron chi connectivity index (χ1n) is 2.18. The van der Waals surface area contributed by atoms with Crippen LogP contribution in [0.1, 0.15) is 6.92 Å². The summed E-state index contributed by atoms with van der Waals surface area (Å²) in [7, 11) is 0. The zero-order chi connectivity index (χ0) is 7.28. The molecule has 0 aliphatic carbocycles. The molecule has 0 aliphatic heterocycles. The van der Waals surface area contributed by atoms with Crippen LogP contribution in [0, 0.1) is 0 Å². The lowest BCUT2D eigenvalue weighted by atomic mass is 10.5. The van der Waals surface area contributed by atoms with Gasteiger partial charge in [0.05, 0.1) is 6.08 Å². The number of ether oxygens (including phenoxy) is 1. The van der Waals surface area contributed by atoms with E-state index in [4.69, 9.17) is 5.11 Å². The average molecular weight is 130 g/mol. The predicted molar refractivity (Wildman–Crippen MR) is 28.5 cm³/mol. The number of aliphatic carboxylic acids is 1. The fourth-order valence-electron chi connectivity index (χ4n) is 0.284. The lowest BCUT2D eigenvalue weighted by Crippen LogP contribution is -1.92. The maximum atomic E-state index is 9.81. The van der Waals surface area contributed by atoms with Crippen molar-refractivity contribution in [2.45, 2.75) is 6.92 Å². The fraction of sp³-hybridized carbons (Fsp3) is 0.200. The second-order valence-electron chi connectivity index (χ2n) is 1.31. The molecule has 4 heteroatoms. The van der Waals surface area contributed by atoms with Crippen LogP contribution in [0.15, 0.2) is 11.8 Å². The van der Waals surface area contributed by atoms with Crippen molar-refractivity contribution in [2.75, 3.05) is 0 Å². The Hall–Kier alpha value is -1.32. The van der Waals surface area contributed by atoms with E-state index < -0.39 is 5.97 Å². The standard InChI is InChI=1S/C5H6O4/c1-4(9-3-6)2-5(7)8/h2-3H,1H3,(H,7,8). The minimum Gasteiger partial charge on any atom is -0.478 e. The second kappa shape index (κ2) is 3.65. The molecule has 0 spiro atoms. The highest BCUT2D eigenvalue weighted by molar-refractivity contribution is 5.80. The number of hydrogen-bond donors (Lipinski definition) is 1. The van der Waals surface area contributed by atoms with E-state index in [2.05, 4.69) is 4.74 Å². The molecule has 0 atom stereocenters. The molecule has 0 rings (SSSR count). The van der Waals surface area contributed by atoms with Crippen molar-refractivity contribution in [1.29, 1.82) is 0 Å². The van der Waals surface area contributed by atoms with E-state index in [-0.39, 0.29) is 12.2 Å². The van der Waals surface area contributed by atoms with Crippen molar-refractivity contribution in [1.82, 2.24) is 0 Å². The molecule has 0 aromatic heterocycles. The van der Waals surface area contributed by atoms with E-state index in [1.807, 2.05) is 0 Å². The predicted octanol–water partition coefficient (Wildman–Crippen LogP) is 0.148. The van der Waals surface area contributed by atoms with Crippen LogP contribution >= 0.6 is 0 Å². The zero-order valence-corrected chi connectivity index (χ0v) is 4.83. The molecule has 50 valence electrons. The van der Waals surface area contributed by atoms with Crippen LogP contribution in [0.2, 0.25) is 0 Å². The van der Waals surface area contributed by atoms with Gasteiger partial charge in [0.15, 0.2) is 0 Å². The van der Waals surface area contributed by atoms with Crippen molar-refractivity contribution in [3.63, 3.8) is 0 Å². The Morgan fingerprint density at radius 2 is 2.22 bits per heavy atom. The van der Waals surface area contributed by atoms with Gasteiger partial charge in [-0.05, 0) is 6.92 Å². The van der Waals surface area contributed by atoms with Gasteiger partial charge in [-0.15, -0.1) is 0 Å². The minimum atomic E-state index is -1.13. The zero-order valence-electron chi connectivity index (χ0n) is 4.83. The van der Waals surface area contributed by atoms with Crippen LogP contribution in [0.4, 0.5) is 0 Å². The van der Waals surface area contributed by atoms with E-state index >= 15 is 0 Å². The van der Waals surface area contributed by atoms with Crippen molar-refractivity contribution < 1.29 is 19.4 Å². The number of allylic oxidation sites excluding steroid dienone is 1. The van der Waals surface area contributed by atoms with E-state index in [1.54, 1.807) is 0 Å². The SMILES string of the molecule is CC(=CC(=O)O)OC=O. The van der Waals surface area contributed by atoms with Gasteiger partial charge < -0.3 is 9.84 Å². The van der Waals surface area contributed by atoms with Gasteiger partial charge in [0.25, 0.3) is 6.47 Å². The Morgan fingerprint density at radius 3 is 2.56 bits per heavy atom. The van der Waals surface area contributed by atoms with E-state index in [0.29, 0.717) is 0 Å². The molecule has 0 heterocycles. The molecule has 0 aliphatic rings. The van der Waals surface area contributed by atoms with Gasteiger partial charge in [0.1, 0.15) is 5.76 Å². The average Bonchev–Trinajstić information content (AvgIpc) is 1.63. The van der Waals surface area contributed by atoms with Gasteiger partial charge in [-0.3, -0.25) is 4.79 Å². The van der Waals surface area contributed by atoms with Crippen molar-refractivity contribution in [3.8, 4) is 0 Å². The number of carboxylic acid groups (broad SMARTS) is 1. The summed E-state index contributed by atoms with van der Waals surface area (Å²) >= 11 is 0. The normalized spacial score (nSPS) is 10.6. The highest BCUT2D eigenvalue weighted by Gasteiger charge is 1.91. The summed E-state index contributed by atoms with van der Waals surface area (Å²) in [5, 5.41) is 8.04. The molecule has 0 aromatic rings. The Kier molecular flexibility index (Phi) is 3.12. The third-order valence-corrected chi connectivity index (χ3v) is 0.561. The Morgan fingerprint density at radius 1 is 1.67 bits per heavy atom. The smallest absolute Gasteiger partial charge is 0.331 e. The summed E-state index contributed by atoms with van der Waals surface area (Å²) in [5.74, 6) is -1.06. The summed E-state index contributed by atoms with van der Waals surface area (Å²) in [4.78, 5) is 19.4. The molecule has 0 radical (unpaired) electrons. The summed E-state index contributed by atoms with van der Waals surface area (Å²) in [6.07, 6.45) is 0.800. The quantitative estimate of drug-likeness (QED) is 0.335. The number of rotatable bonds is 3. The maximum Gasteiger partial charge on any atom is 0.331 e. The van der Waals surface area contributed by atoms with Crippen LogP contribution < -0.4 is 0 Å². The van der Waals surface area contributed by atoms with Crippen LogP contribution in [0.25, 0.3) is 0 Å². The first-order valence-corrected chi connectivity index (χ1v) is 2.18. The summed E-state index contributed by atoms with van der Waals surface area (Å²) in [6, 6.07) is 0. The first kappa shape index (κ1) is 7.68. The monoisotopic (exact) mass is 130 g/mol. The van der Waals surface area contributed by atoms with Gasteiger partial charge in [0, 0.05) is 0 Å². The van der Waals surface area contributed by atoms with Crippen molar-refractivity contribution in [2.24, 2.45) is 0 Å². The van der Waals surface area contributed by atoms with Gasteiger partial charge >= 0.3 is 5.97 Å². The molecule has 0 unspecified atom stereocenters. The fourth-order valence-corrected chi connectivity index (χ4v) is 0.284. The number of hydrogen-bond acceptors (Lipinski definition) is 3. The summed E-state index contributed by atoms with van der Waals surface area (Å²) < 4.78 is 4.15. The third-order valence-electron chi connectivity index (χ3n) is 0.561. The van der Waals surface area contributed by atoms with Crippen LogP contribution in [-0.2, 0) is 14.3 Å². The molecule has 9 heavy (non-hydrogen) atoms. The number of carbonyl (C=O) groups is 2. The summed E-state index contributed by atoms with van der Waals surface area (Å²) in [5.41, 5.74) is 0. The van der Waals surface area contributed by atoms with Gasteiger partial charge in [-0.1, -0.05) is 0 Å². The highest BCUT2D eigenvalue weighted by atomic mass is 16.5. The Balaban J connectivity index is 3.83. The topological polar surface area (TPSA) is 63.6 Å². The first-order chi connectivity index (χ1) is 4.16. The molecule has 0 fully saturated rings.